The molecule has 0 amide bonds. The van der Waals surface area contributed by atoms with Gasteiger partial charge in [-0.15, -0.1) is 5.10 Å². The van der Waals surface area contributed by atoms with Crippen LogP contribution in [0.4, 0.5) is 5.95 Å². The predicted molar refractivity (Wildman–Crippen MR) is 116 cm³/mol. The van der Waals surface area contributed by atoms with Crippen molar-refractivity contribution in [3.8, 4) is 0 Å². The zero-order valence-electron chi connectivity index (χ0n) is 16.4. The Balaban J connectivity index is 1.36. The van der Waals surface area contributed by atoms with Crippen molar-refractivity contribution in [3.05, 3.63) is 44.2 Å². The zero-order valence-corrected chi connectivity index (χ0v) is 17.9. The fraction of sp³-hybridized carbons (Fsp3) is 0.474. The number of aromatic amines is 1. The molecule has 0 unspecified atom stereocenters. The lowest BCUT2D eigenvalue weighted by Gasteiger charge is -2.26. The maximum absolute atomic E-state index is 12.6. The molecular formula is C19H23Cl2N7O2. The Morgan fingerprint density at radius 1 is 1.13 bits per heavy atom. The third-order valence-corrected chi connectivity index (χ3v) is 5.76. The number of hydrogen-bond donors (Lipinski definition) is 2. The van der Waals surface area contributed by atoms with Crippen LogP contribution in [-0.4, -0.2) is 62.7 Å². The van der Waals surface area contributed by atoms with Crippen LogP contribution in [0.3, 0.4) is 0 Å². The van der Waals surface area contributed by atoms with Gasteiger partial charge >= 0.3 is 0 Å². The third kappa shape index (κ3) is 5.10. The molecule has 0 atom stereocenters. The van der Waals surface area contributed by atoms with Crippen LogP contribution in [0.15, 0.2) is 23.0 Å². The quantitative estimate of drug-likeness (QED) is 0.507. The maximum atomic E-state index is 12.6. The number of anilines is 1. The highest BCUT2D eigenvalue weighted by molar-refractivity contribution is 6.42. The Bertz CT molecular complexity index is 1060. The minimum atomic E-state index is -0.269. The fourth-order valence-electron chi connectivity index (χ4n) is 3.40. The number of fused-ring (bicyclic) bond motifs is 1. The maximum Gasteiger partial charge on any atom is 0.280 e. The second-order valence-electron chi connectivity index (χ2n) is 7.16. The first-order valence-corrected chi connectivity index (χ1v) is 10.7. The summed E-state index contributed by atoms with van der Waals surface area (Å²) in [6.45, 7) is 5.64. The molecule has 1 saturated heterocycles. The first-order chi connectivity index (χ1) is 14.6. The summed E-state index contributed by atoms with van der Waals surface area (Å²) in [6, 6.07) is 5.34. The molecule has 160 valence electrons. The van der Waals surface area contributed by atoms with Gasteiger partial charge < -0.3 is 10.1 Å². The lowest BCUT2D eigenvalue weighted by Crippen LogP contribution is -2.36. The normalized spacial score (nSPS) is 15.0. The van der Waals surface area contributed by atoms with Gasteiger partial charge in [0.2, 0.25) is 11.6 Å². The van der Waals surface area contributed by atoms with Crippen LogP contribution in [-0.2, 0) is 17.8 Å². The molecule has 3 heterocycles. The minimum Gasteiger partial charge on any atom is -0.379 e. The number of morpholine rings is 1. The van der Waals surface area contributed by atoms with E-state index in [4.69, 9.17) is 27.9 Å². The van der Waals surface area contributed by atoms with Gasteiger partial charge in [-0.25, -0.2) is 4.68 Å². The van der Waals surface area contributed by atoms with Crippen LogP contribution in [0.2, 0.25) is 10.0 Å². The number of aromatic nitrogens is 5. The molecule has 11 heteroatoms. The Kier molecular flexibility index (Phi) is 6.83. The summed E-state index contributed by atoms with van der Waals surface area (Å²) in [5.41, 5.74) is 1.36. The Morgan fingerprint density at radius 2 is 1.93 bits per heavy atom. The topological polar surface area (TPSA) is 101 Å². The minimum absolute atomic E-state index is 0.269. The van der Waals surface area contributed by atoms with Crippen LogP contribution < -0.4 is 10.9 Å². The molecule has 2 aromatic heterocycles. The summed E-state index contributed by atoms with van der Waals surface area (Å²) in [6.07, 6.45) is 1.93. The number of hydrogen-bond acceptors (Lipinski definition) is 7. The highest BCUT2D eigenvalue weighted by Gasteiger charge is 2.13. The van der Waals surface area contributed by atoms with E-state index in [1.807, 2.05) is 6.07 Å². The Morgan fingerprint density at radius 3 is 2.73 bits per heavy atom. The summed E-state index contributed by atoms with van der Waals surface area (Å²) < 4.78 is 6.99. The lowest BCUT2D eigenvalue weighted by molar-refractivity contribution is 0.0370. The molecule has 3 aromatic rings. The molecule has 0 spiro atoms. The molecule has 1 aliphatic rings. The van der Waals surface area contributed by atoms with Crippen LogP contribution in [0.1, 0.15) is 18.4 Å². The second kappa shape index (κ2) is 9.74. The highest BCUT2D eigenvalue weighted by atomic mass is 35.5. The van der Waals surface area contributed by atoms with Crippen molar-refractivity contribution < 1.29 is 4.74 Å². The molecule has 0 bridgehead atoms. The van der Waals surface area contributed by atoms with E-state index >= 15 is 0 Å². The molecule has 9 nitrogen and oxygen atoms in total. The van der Waals surface area contributed by atoms with Gasteiger partial charge in [0.05, 0.1) is 23.3 Å². The molecule has 1 fully saturated rings. The van der Waals surface area contributed by atoms with E-state index in [0.717, 1.165) is 51.3 Å². The third-order valence-electron chi connectivity index (χ3n) is 5.02. The number of ether oxygens (including phenoxy) is 1. The molecule has 1 aliphatic heterocycles. The van der Waals surface area contributed by atoms with E-state index in [1.165, 1.54) is 0 Å². The Labute approximate surface area is 183 Å². The van der Waals surface area contributed by atoms with Crippen molar-refractivity contribution in [2.45, 2.75) is 25.9 Å². The van der Waals surface area contributed by atoms with E-state index < -0.39 is 0 Å². The van der Waals surface area contributed by atoms with Crippen molar-refractivity contribution in [1.29, 1.82) is 0 Å². The van der Waals surface area contributed by atoms with Crippen molar-refractivity contribution in [1.82, 2.24) is 29.9 Å². The van der Waals surface area contributed by atoms with E-state index in [0.29, 0.717) is 40.2 Å². The summed E-state index contributed by atoms with van der Waals surface area (Å²) in [7, 11) is 0. The van der Waals surface area contributed by atoms with Gasteiger partial charge in [0.25, 0.3) is 5.56 Å². The number of halogens is 2. The first-order valence-electron chi connectivity index (χ1n) is 9.91. The summed E-state index contributed by atoms with van der Waals surface area (Å²) in [5, 5.41) is 12.2. The average Bonchev–Trinajstić information content (AvgIpc) is 3.16. The standard InChI is InChI=1S/C19H23Cl2N7O2/c20-14-4-3-13(11-15(14)21)12-22-19-23-17-16(18(29)24-19)28(26-25-17)6-2-1-5-27-7-9-30-10-8-27/h3-4,11H,1-2,5-10,12H2,(H2,22,23,24,29). The van der Waals surface area contributed by atoms with Crippen molar-refractivity contribution >= 4 is 40.3 Å². The van der Waals surface area contributed by atoms with Gasteiger partial charge in [-0.1, -0.05) is 34.5 Å². The monoisotopic (exact) mass is 451 g/mol. The van der Waals surface area contributed by atoms with Crippen LogP contribution in [0.5, 0.6) is 0 Å². The van der Waals surface area contributed by atoms with Gasteiger partial charge in [-0.2, -0.15) is 4.98 Å². The number of aryl methyl sites for hydroxylation is 1. The number of nitrogens with zero attached hydrogens (tertiary/aromatic N) is 5. The van der Waals surface area contributed by atoms with Gasteiger partial charge in [0.1, 0.15) is 0 Å². The van der Waals surface area contributed by atoms with Crippen molar-refractivity contribution in [2.75, 3.05) is 38.2 Å². The molecular weight excluding hydrogens is 429 g/mol. The molecule has 0 radical (unpaired) electrons. The van der Waals surface area contributed by atoms with Gasteiger partial charge in [-0.05, 0) is 37.1 Å². The van der Waals surface area contributed by atoms with Crippen LogP contribution in [0, 0.1) is 0 Å². The van der Waals surface area contributed by atoms with Gasteiger partial charge in [0, 0.05) is 26.2 Å². The van der Waals surface area contributed by atoms with E-state index in [1.54, 1.807) is 16.8 Å². The van der Waals surface area contributed by atoms with Crippen LogP contribution in [0.25, 0.3) is 11.2 Å². The molecule has 0 aliphatic carbocycles. The largest absolute Gasteiger partial charge is 0.379 e. The van der Waals surface area contributed by atoms with Crippen LogP contribution >= 0.6 is 23.2 Å². The summed E-state index contributed by atoms with van der Waals surface area (Å²) >= 11 is 12.0. The molecule has 4 rings (SSSR count). The van der Waals surface area contributed by atoms with Crippen molar-refractivity contribution in [3.63, 3.8) is 0 Å². The first kappa shape index (κ1) is 21.0. The number of benzene rings is 1. The summed E-state index contributed by atoms with van der Waals surface area (Å²) in [4.78, 5) is 22.1. The molecule has 2 N–H and O–H groups in total. The smallest absolute Gasteiger partial charge is 0.280 e. The van der Waals surface area contributed by atoms with Gasteiger partial charge in [0.15, 0.2) is 5.52 Å². The van der Waals surface area contributed by atoms with E-state index in [9.17, 15) is 4.79 Å². The highest BCUT2D eigenvalue weighted by Crippen LogP contribution is 2.22. The second-order valence-corrected chi connectivity index (χ2v) is 7.98. The van der Waals surface area contributed by atoms with E-state index in [2.05, 4.69) is 30.5 Å². The number of unbranched alkanes of at least 4 members (excludes halogenated alkanes) is 1. The average molecular weight is 452 g/mol. The van der Waals surface area contributed by atoms with Gasteiger partial charge in [-0.3, -0.25) is 14.7 Å². The fourth-order valence-corrected chi connectivity index (χ4v) is 3.72. The number of rotatable bonds is 8. The number of nitrogens with one attached hydrogen (secondary N) is 2. The number of H-pyrrole nitrogens is 1. The lowest BCUT2D eigenvalue weighted by atomic mass is 10.2. The zero-order chi connectivity index (χ0) is 20.9. The summed E-state index contributed by atoms with van der Waals surface area (Å²) in [5.74, 6) is 0.331. The van der Waals surface area contributed by atoms with E-state index in [-0.39, 0.29) is 5.56 Å². The molecule has 30 heavy (non-hydrogen) atoms. The van der Waals surface area contributed by atoms with Crippen molar-refractivity contribution in [2.24, 2.45) is 0 Å². The predicted octanol–water partition coefficient (Wildman–Crippen LogP) is 2.55. The molecule has 1 aromatic carbocycles. The Hall–Kier alpha value is -2.20. The molecule has 0 saturated carbocycles. The SMILES string of the molecule is O=c1[nH]c(NCc2ccc(Cl)c(Cl)c2)nc2nnn(CCCCN3CCOCC3)c12.